The van der Waals surface area contributed by atoms with Crippen molar-refractivity contribution in [2.45, 2.75) is 19.5 Å². The molecule has 1 aromatic rings. The minimum atomic E-state index is 0.617. The van der Waals surface area contributed by atoms with Crippen LogP contribution in [-0.4, -0.2) is 35.6 Å². The lowest BCUT2D eigenvalue weighted by Gasteiger charge is -2.33. The first-order chi connectivity index (χ1) is 6.75. The molecule has 3 nitrogen and oxygen atoms in total. The summed E-state index contributed by atoms with van der Waals surface area (Å²) in [6, 6.07) is 0.617. The third kappa shape index (κ3) is 2.53. The van der Waals surface area contributed by atoms with Gasteiger partial charge >= 0.3 is 0 Å². The van der Waals surface area contributed by atoms with E-state index in [2.05, 4.69) is 38.1 Å². The van der Waals surface area contributed by atoms with Gasteiger partial charge in [0.1, 0.15) is 5.01 Å². The maximum absolute atomic E-state index is 4.35. The fourth-order valence-corrected chi connectivity index (χ4v) is 2.98. The summed E-state index contributed by atoms with van der Waals surface area (Å²) in [6.07, 6.45) is 1.88. The monoisotopic (exact) mass is 275 g/mol. The molecule has 0 aromatic carbocycles. The Hall–Kier alpha value is 0.0300. The van der Waals surface area contributed by atoms with Crippen LogP contribution in [0.15, 0.2) is 9.98 Å². The molecule has 78 valence electrons. The number of hydrogen-bond donors (Lipinski definition) is 1. The minimum absolute atomic E-state index is 0.617. The van der Waals surface area contributed by atoms with Gasteiger partial charge in [0.05, 0.1) is 16.5 Å². The van der Waals surface area contributed by atoms with E-state index in [4.69, 9.17) is 0 Å². The van der Waals surface area contributed by atoms with Crippen LogP contribution in [0.3, 0.4) is 0 Å². The van der Waals surface area contributed by atoms with Crippen molar-refractivity contribution in [3.8, 4) is 0 Å². The minimum Gasteiger partial charge on any atom is -0.314 e. The normalized spacial score (nSPS) is 24.0. The fraction of sp³-hybridized carbons (Fsp3) is 0.667. The van der Waals surface area contributed by atoms with Crippen LogP contribution >= 0.6 is 27.3 Å². The second kappa shape index (κ2) is 4.70. The van der Waals surface area contributed by atoms with Gasteiger partial charge in [-0.25, -0.2) is 4.98 Å². The molecule has 0 amide bonds. The lowest BCUT2D eigenvalue weighted by atomic mass is 10.2. The van der Waals surface area contributed by atoms with Crippen molar-refractivity contribution in [1.29, 1.82) is 0 Å². The molecular formula is C9H14BrN3S. The number of hydrogen-bond acceptors (Lipinski definition) is 4. The van der Waals surface area contributed by atoms with Gasteiger partial charge in [-0.05, 0) is 22.9 Å². The highest BCUT2D eigenvalue weighted by Gasteiger charge is 2.18. The summed E-state index contributed by atoms with van der Waals surface area (Å²) >= 11 is 5.16. The Labute approximate surface area is 96.7 Å². The predicted molar refractivity (Wildman–Crippen MR) is 62.6 cm³/mol. The summed E-state index contributed by atoms with van der Waals surface area (Å²) in [5.41, 5.74) is 0. The van der Waals surface area contributed by atoms with E-state index in [1.54, 1.807) is 11.3 Å². The average Bonchev–Trinajstić information content (AvgIpc) is 2.56. The van der Waals surface area contributed by atoms with E-state index in [9.17, 15) is 0 Å². The van der Waals surface area contributed by atoms with Crippen LogP contribution in [0.5, 0.6) is 0 Å². The first-order valence-electron chi connectivity index (χ1n) is 4.80. The van der Waals surface area contributed by atoms with E-state index in [1.165, 1.54) is 5.01 Å². The molecule has 2 rings (SSSR count). The molecule has 2 heterocycles. The SMILES string of the molecule is C[C@@H]1CNCCN1Cc1ncc(Br)s1. The zero-order valence-corrected chi connectivity index (χ0v) is 10.6. The van der Waals surface area contributed by atoms with Crippen LogP contribution in [0.25, 0.3) is 0 Å². The maximum Gasteiger partial charge on any atom is 0.108 e. The summed E-state index contributed by atoms with van der Waals surface area (Å²) in [7, 11) is 0. The molecule has 0 bridgehead atoms. The van der Waals surface area contributed by atoms with Crippen LogP contribution in [0.2, 0.25) is 0 Å². The lowest BCUT2D eigenvalue weighted by molar-refractivity contribution is 0.165. The predicted octanol–water partition coefficient (Wildman–Crippen LogP) is 1.70. The second-order valence-corrected chi connectivity index (χ2v) is 6.08. The van der Waals surface area contributed by atoms with Crippen molar-refractivity contribution < 1.29 is 0 Å². The lowest BCUT2D eigenvalue weighted by Crippen LogP contribution is -2.49. The molecule has 1 saturated heterocycles. The molecular weight excluding hydrogens is 262 g/mol. The van der Waals surface area contributed by atoms with Crippen molar-refractivity contribution in [1.82, 2.24) is 15.2 Å². The molecule has 0 unspecified atom stereocenters. The van der Waals surface area contributed by atoms with E-state index >= 15 is 0 Å². The Balaban J connectivity index is 1.95. The van der Waals surface area contributed by atoms with Crippen LogP contribution in [0.4, 0.5) is 0 Å². The Morgan fingerprint density at radius 1 is 1.79 bits per heavy atom. The Bertz CT molecular complexity index is 302. The zero-order valence-electron chi connectivity index (χ0n) is 8.16. The Kier molecular flexibility index (Phi) is 3.54. The van der Waals surface area contributed by atoms with Crippen molar-refractivity contribution in [3.05, 3.63) is 15.0 Å². The highest BCUT2D eigenvalue weighted by atomic mass is 79.9. The van der Waals surface area contributed by atoms with Crippen LogP contribution < -0.4 is 5.32 Å². The van der Waals surface area contributed by atoms with Crippen molar-refractivity contribution in [3.63, 3.8) is 0 Å². The van der Waals surface area contributed by atoms with Crippen LogP contribution in [0, 0.1) is 0 Å². The van der Waals surface area contributed by atoms with Crippen molar-refractivity contribution in [2.75, 3.05) is 19.6 Å². The van der Waals surface area contributed by atoms with Gasteiger partial charge < -0.3 is 5.32 Å². The van der Waals surface area contributed by atoms with E-state index in [0.717, 1.165) is 30.0 Å². The van der Waals surface area contributed by atoms with Gasteiger partial charge in [0.2, 0.25) is 0 Å². The molecule has 1 fully saturated rings. The molecule has 0 saturated carbocycles. The molecule has 1 aromatic heterocycles. The van der Waals surface area contributed by atoms with Gasteiger partial charge in [0, 0.05) is 25.7 Å². The molecule has 0 spiro atoms. The smallest absolute Gasteiger partial charge is 0.108 e. The highest BCUT2D eigenvalue weighted by molar-refractivity contribution is 9.11. The average molecular weight is 276 g/mol. The number of nitrogens with zero attached hydrogens (tertiary/aromatic N) is 2. The molecule has 5 heteroatoms. The maximum atomic E-state index is 4.35. The summed E-state index contributed by atoms with van der Waals surface area (Å²) in [4.78, 5) is 6.83. The number of thiazole rings is 1. The first kappa shape index (κ1) is 10.5. The summed E-state index contributed by atoms with van der Waals surface area (Å²) < 4.78 is 1.12. The molecule has 1 aliphatic heterocycles. The molecule has 0 radical (unpaired) electrons. The fourth-order valence-electron chi connectivity index (χ4n) is 1.65. The largest absolute Gasteiger partial charge is 0.314 e. The second-order valence-electron chi connectivity index (χ2n) is 3.58. The topological polar surface area (TPSA) is 28.2 Å². The van der Waals surface area contributed by atoms with E-state index < -0.39 is 0 Å². The zero-order chi connectivity index (χ0) is 9.97. The quantitative estimate of drug-likeness (QED) is 0.891. The van der Waals surface area contributed by atoms with Crippen molar-refractivity contribution >= 4 is 27.3 Å². The number of aromatic nitrogens is 1. The highest BCUT2D eigenvalue weighted by Crippen LogP contribution is 2.21. The first-order valence-corrected chi connectivity index (χ1v) is 6.41. The van der Waals surface area contributed by atoms with E-state index in [0.29, 0.717) is 6.04 Å². The standard InChI is InChI=1S/C9H14BrN3S/c1-7-4-11-2-3-13(7)6-9-12-5-8(10)14-9/h5,7,11H,2-4,6H2,1H3/t7-/m1/s1. The Morgan fingerprint density at radius 2 is 2.64 bits per heavy atom. The summed E-state index contributed by atoms with van der Waals surface area (Å²) in [6.45, 7) is 6.55. The molecule has 14 heavy (non-hydrogen) atoms. The molecule has 1 atom stereocenters. The molecule has 0 aliphatic carbocycles. The van der Waals surface area contributed by atoms with E-state index in [-0.39, 0.29) is 0 Å². The van der Waals surface area contributed by atoms with Gasteiger partial charge in [0.15, 0.2) is 0 Å². The van der Waals surface area contributed by atoms with Crippen molar-refractivity contribution in [2.24, 2.45) is 0 Å². The number of piperazine rings is 1. The number of halogens is 1. The van der Waals surface area contributed by atoms with Crippen LogP contribution in [0.1, 0.15) is 11.9 Å². The van der Waals surface area contributed by atoms with Gasteiger partial charge in [-0.1, -0.05) is 0 Å². The Morgan fingerprint density at radius 3 is 3.29 bits per heavy atom. The summed E-state index contributed by atoms with van der Waals surface area (Å²) in [5, 5.41) is 4.59. The third-order valence-electron chi connectivity index (χ3n) is 2.50. The number of rotatable bonds is 2. The van der Waals surface area contributed by atoms with Gasteiger partial charge in [0.25, 0.3) is 0 Å². The molecule has 1 aliphatic rings. The number of nitrogens with one attached hydrogen (secondary N) is 1. The van der Waals surface area contributed by atoms with Gasteiger partial charge in [-0.2, -0.15) is 0 Å². The van der Waals surface area contributed by atoms with E-state index in [1.807, 2.05) is 6.20 Å². The summed E-state index contributed by atoms with van der Waals surface area (Å²) in [5.74, 6) is 0. The van der Waals surface area contributed by atoms with Gasteiger partial charge in [-0.15, -0.1) is 11.3 Å². The van der Waals surface area contributed by atoms with Gasteiger partial charge in [-0.3, -0.25) is 4.90 Å². The third-order valence-corrected chi connectivity index (χ3v) is 3.96. The molecule has 1 N–H and O–H groups in total. The van der Waals surface area contributed by atoms with Crippen LogP contribution in [-0.2, 0) is 6.54 Å².